The number of hydrogen-bond donors (Lipinski definition) is 0. The molecule has 32 heavy (non-hydrogen) atoms. The van der Waals surface area contributed by atoms with Gasteiger partial charge in [0.1, 0.15) is 6.61 Å². The maximum atomic E-state index is 13.2. The Morgan fingerprint density at radius 3 is 2.50 bits per heavy atom. The minimum absolute atomic E-state index is 0.00777. The number of ether oxygens (including phenoxy) is 1. The zero-order valence-electron chi connectivity index (χ0n) is 17.0. The van der Waals surface area contributed by atoms with E-state index in [1.54, 1.807) is 24.3 Å². The van der Waals surface area contributed by atoms with Crippen LogP contribution in [0.25, 0.3) is 0 Å². The molecule has 4 rings (SSSR count). The van der Waals surface area contributed by atoms with E-state index in [4.69, 9.17) is 21.6 Å². The van der Waals surface area contributed by atoms with Crippen molar-refractivity contribution in [1.29, 1.82) is 5.26 Å². The molecule has 0 atom stereocenters. The van der Waals surface area contributed by atoms with Crippen molar-refractivity contribution in [2.24, 2.45) is 0 Å². The van der Waals surface area contributed by atoms with Gasteiger partial charge in [0.15, 0.2) is 0 Å². The monoisotopic (exact) mass is 466 g/mol. The summed E-state index contributed by atoms with van der Waals surface area (Å²) in [5, 5.41) is 8.97. The molecule has 0 saturated heterocycles. The van der Waals surface area contributed by atoms with Crippen molar-refractivity contribution in [3.05, 3.63) is 99.6 Å². The first-order valence-corrected chi connectivity index (χ1v) is 11.7. The Morgan fingerprint density at radius 1 is 1.06 bits per heavy atom. The smallest absolute Gasteiger partial charge is 0.340 e. The molecule has 0 amide bonds. The molecule has 1 aliphatic rings. The van der Waals surface area contributed by atoms with E-state index in [0.29, 0.717) is 24.1 Å². The van der Waals surface area contributed by atoms with E-state index in [9.17, 15) is 13.2 Å². The fourth-order valence-corrected chi connectivity index (χ4v) is 5.19. The lowest BCUT2D eigenvalue weighted by Crippen LogP contribution is -2.36. The first kappa shape index (κ1) is 22.0. The fraction of sp³-hybridized carbons (Fsp3) is 0.167. The van der Waals surface area contributed by atoms with Gasteiger partial charge >= 0.3 is 5.97 Å². The minimum atomic E-state index is -3.82. The molecule has 0 radical (unpaired) electrons. The van der Waals surface area contributed by atoms with Gasteiger partial charge < -0.3 is 4.74 Å². The van der Waals surface area contributed by atoms with E-state index >= 15 is 0 Å². The molecule has 8 heteroatoms. The number of carbonyl (C=O) groups excluding carboxylic acids is 1. The van der Waals surface area contributed by atoms with Crippen LogP contribution < -0.4 is 0 Å². The molecule has 0 aliphatic carbocycles. The topological polar surface area (TPSA) is 87.5 Å². The van der Waals surface area contributed by atoms with Gasteiger partial charge in [-0.2, -0.15) is 9.57 Å². The minimum Gasteiger partial charge on any atom is -0.457 e. The third-order valence-electron chi connectivity index (χ3n) is 5.34. The van der Waals surface area contributed by atoms with Crippen LogP contribution in [-0.4, -0.2) is 25.2 Å². The van der Waals surface area contributed by atoms with E-state index < -0.39 is 16.0 Å². The third-order valence-corrected chi connectivity index (χ3v) is 7.51. The van der Waals surface area contributed by atoms with Gasteiger partial charge in [-0.05, 0) is 53.4 Å². The standard InChI is InChI=1S/C24H19ClN2O4S/c25-23-10-9-21(32(29,30)27-12-11-19-3-1-2-4-20(19)15-27)13-22(23)24(28)31-16-18-7-5-17(14-26)6-8-18/h1-10,13H,11-12,15-16H2. The predicted octanol–water partition coefficient (Wildman–Crippen LogP) is 4.32. The fourth-order valence-electron chi connectivity index (χ4n) is 3.55. The van der Waals surface area contributed by atoms with Gasteiger partial charge in [0, 0.05) is 13.1 Å². The van der Waals surface area contributed by atoms with Crippen molar-refractivity contribution in [3.63, 3.8) is 0 Å². The summed E-state index contributed by atoms with van der Waals surface area (Å²) >= 11 is 6.17. The van der Waals surface area contributed by atoms with Crippen LogP contribution in [0.5, 0.6) is 0 Å². The molecule has 0 bridgehead atoms. The number of rotatable bonds is 5. The normalized spacial score (nSPS) is 13.8. The molecule has 0 fully saturated rings. The second kappa shape index (κ2) is 9.13. The summed E-state index contributed by atoms with van der Waals surface area (Å²) in [5.41, 5.74) is 3.30. The van der Waals surface area contributed by atoms with Crippen LogP contribution in [0.4, 0.5) is 0 Å². The number of halogens is 1. The second-order valence-electron chi connectivity index (χ2n) is 7.38. The van der Waals surface area contributed by atoms with Crippen molar-refractivity contribution >= 4 is 27.6 Å². The molecular weight excluding hydrogens is 448 g/mol. The van der Waals surface area contributed by atoms with E-state index in [0.717, 1.165) is 11.1 Å². The number of hydrogen-bond acceptors (Lipinski definition) is 5. The first-order chi connectivity index (χ1) is 15.4. The molecule has 162 valence electrons. The van der Waals surface area contributed by atoms with Gasteiger partial charge in [0.2, 0.25) is 10.0 Å². The number of fused-ring (bicyclic) bond motifs is 1. The molecule has 3 aromatic carbocycles. The van der Waals surface area contributed by atoms with Crippen molar-refractivity contribution < 1.29 is 17.9 Å². The summed E-state index contributed by atoms with van der Waals surface area (Å²) in [5.74, 6) is -0.722. The Morgan fingerprint density at radius 2 is 1.78 bits per heavy atom. The molecule has 1 heterocycles. The van der Waals surface area contributed by atoms with Gasteiger partial charge in [0.25, 0.3) is 0 Å². The molecule has 1 aliphatic heterocycles. The Balaban J connectivity index is 1.52. The number of nitrogens with zero attached hydrogens (tertiary/aromatic N) is 2. The highest BCUT2D eigenvalue weighted by molar-refractivity contribution is 7.89. The SMILES string of the molecule is N#Cc1ccc(COC(=O)c2cc(S(=O)(=O)N3CCc4ccccc4C3)ccc2Cl)cc1. The molecular formula is C24H19ClN2O4S. The lowest BCUT2D eigenvalue weighted by molar-refractivity contribution is 0.0472. The molecule has 6 nitrogen and oxygen atoms in total. The highest BCUT2D eigenvalue weighted by Crippen LogP contribution is 2.28. The van der Waals surface area contributed by atoms with E-state index in [1.165, 1.54) is 22.5 Å². The average molecular weight is 467 g/mol. The van der Waals surface area contributed by atoms with Crippen LogP contribution in [0, 0.1) is 11.3 Å². The van der Waals surface area contributed by atoms with Crippen molar-refractivity contribution in [1.82, 2.24) is 4.31 Å². The molecule has 0 unspecified atom stereocenters. The van der Waals surface area contributed by atoms with Gasteiger partial charge in [-0.25, -0.2) is 13.2 Å². The summed E-state index contributed by atoms with van der Waals surface area (Å²) in [7, 11) is -3.82. The van der Waals surface area contributed by atoms with Crippen LogP contribution in [0.1, 0.15) is 32.6 Å². The highest BCUT2D eigenvalue weighted by Gasteiger charge is 2.29. The zero-order valence-corrected chi connectivity index (χ0v) is 18.6. The summed E-state index contributed by atoms with van der Waals surface area (Å²) in [6.07, 6.45) is 0.627. The summed E-state index contributed by atoms with van der Waals surface area (Å²) in [6.45, 7) is 0.612. The number of benzene rings is 3. The van der Waals surface area contributed by atoms with Crippen molar-refractivity contribution in [3.8, 4) is 6.07 Å². The lowest BCUT2D eigenvalue weighted by atomic mass is 10.0. The van der Waals surface area contributed by atoms with E-state index in [1.807, 2.05) is 30.3 Å². The molecule has 0 N–H and O–H groups in total. The summed E-state index contributed by atoms with van der Waals surface area (Å²) in [4.78, 5) is 12.6. The highest BCUT2D eigenvalue weighted by atomic mass is 35.5. The quantitative estimate of drug-likeness (QED) is 0.523. The van der Waals surface area contributed by atoms with Crippen LogP contribution in [0.3, 0.4) is 0 Å². The molecule has 0 aromatic heterocycles. The summed E-state index contributed by atoms with van der Waals surface area (Å²) < 4.78 is 33.2. The zero-order chi connectivity index (χ0) is 22.7. The number of sulfonamides is 1. The third kappa shape index (κ3) is 4.53. The molecule has 0 spiro atoms. The van der Waals surface area contributed by atoms with Gasteiger partial charge in [-0.15, -0.1) is 0 Å². The van der Waals surface area contributed by atoms with Crippen molar-refractivity contribution in [2.75, 3.05) is 6.54 Å². The number of esters is 1. The maximum Gasteiger partial charge on any atom is 0.340 e. The number of nitriles is 1. The average Bonchev–Trinajstić information content (AvgIpc) is 2.82. The second-order valence-corrected chi connectivity index (χ2v) is 9.73. The van der Waals surface area contributed by atoms with Crippen LogP contribution in [0.15, 0.2) is 71.6 Å². The lowest BCUT2D eigenvalue weighted by Gasteiger charge is -2.28. The largest absolute Gasteiger partial charge is 0.457 e. The first-order valence-electron chi connectivity index (χ1n) is 9.91. The van der Waals surface area contributed by atoms with Crippen LogP contribution in [-0.2, 0) is 34.3 Å². The van der Waals surface area contributed by atoms with Gasteiger partial charge in [-0.3, -0.25) is 0 Å². The predicted molar refractivity (Wildman–Crippen MR) is 119 cm³/mol. The molecule has 0 saturated carbocycles. The van der Waals surface area contributed by atoms with Crippen LogP contribution >= 0.6 is 11.6 Å². The maximum absolute atomic E-state index is 13.2. The summed E-state index contributed by atoms with van der Waals surface area (Å²) in [6, 6.07) is 20.4. The van der Waals surface area contributed by atoms with E-state index in [-0.39, 0.29) is 28.6 Å². The van der Waals surface area contributed by atoms with Gasteiger partial charge in [0.05, 0.1) is 27.1 Å². The van der Waals surface area contributed by atoms with Crippen LogP contribution in [0.2, 0.25) is 5.02 Å². The van der Waals surface area contributed by atoms with Gasteiger partial charge in [-0.1, -0.05) is 48.0 Å². The van der Waals surface area contributed by atoms with Crippen molar-refractivity contribution in [2.45, 2.75) is 24.5 Å². The Bertz CT molecular complexity index is 1310. The Labute approximate surface area is 191 Å². The Kier molecular flexibility index (Phi) is 6.28. The van der Waals surface area contributed by atoms with E-state index in [2.05, 4.69) is 0 Å². The Hall–Kier alpha value is -3.18. The number of carbonyl (C=O) groups is 1. The molecule has 3 aromatic rings.